The molecule has 1 aliphatic heterocycles. The second-order valence-electron chi connectivity index (χ2n) is 8.18. The van der Waals surface area contributed by atoms with Crippen LogP contribution in [0.5, 0.6) is 0 Å². The fourth-order valence-corrected chi connectivity index (χ4v) is 4.38. The summed E-state index contributed by atoms with van der Waals surface area (Å²) in [6.07, 6.45) is 0. The van der Waals surface area contributed by atoms with Crippen molar-refractivity contribution in [2.45, 2.75) is 5.92 Å². The highest BCUT2D eigenvalue weighted by Gasteiger charge is 2.46. The van der Waals surface area contributed by atoms with E-state index in [0.29, 0.717) is 11.3 Å². The summed E-state index contributed by atoms with van der Waals surface area (Å²) in [7, 11) is 2.26. The number of rotatable bonds is 6. The highest BCUT2D eigenvalue weighted by molar-refractivity contribution is 6.23. The van der Waals surface area contributed by atoms with E-state index in [-0.39, 0.29) is 39.7 Å². The molecular formula is C28H23N3O7. The van der Waals surface area contributed by atoms with Gasteiger partial charge >= 0.3 is 11.9 Å². The number of nitro benzene ring substituents is 1. The largest absolute Gasteiger partial charge is 0.507 e. The molecule has 0 spiro atoms. The number of carbonyl (C=O) groups is 2. The normalized spacial score (nSPS) is 16.6. The van der Waals surface area contributed by atoms with Crippen molar-refractivity contribution in [3.8, 4) is 0 Å². The molecule has 2 N–H and O–H groups in total. The molecule has 4 rings (SSSR count). The van der Waals surface area contributed by atoms with Gasteiger partial charge in [-0.15, -0.1) is 0 Å². The average molecular weight is 514 g/mol. The third-order valence-corrected chi connectivity index (χ3v) is 6.05. The van der Waals surface area contributed by atoms with Crippen LogP contribution in [0.25, 0.3) is 5.76 Å². The number of para-hydroxylation sites is 1. The number of anilines is 1. The molecule has 3 aromatic carbocycles. The monoisotopic (exact) mass is 513 g/mol. The first-order valence-electron chi connectivity index (χ1n) is 11.4. The zero-order valence-electron chi connectivity index (χ0n) is 20.5. The second-order valence-corrected chi connectivity index (χ2v) is 8.18. The number of methoxy groups -OCH3 is 2. The molecule has 0 amide bonds. The van der Waals surface area contributed by atoms with Crippen LogP contribution in [-0.4, -0.2) is 42.0 Å². The molecule has 1 aliphatic rings. The highest BCUT2D eigenvalue weighted by Crippen LogP contribution is 2.45. The molecule has 192 valence electrons. The summed E-state index contributed by atoms with van der Waals surface area (Å²) >= 11 is 0. The number of nitro groups is 1. The fraction of sp³-hybridized carbons (Fsp3) is 0.107. The molecule has 1 unspecified atom stereocenters. The van der Waals surface area contributed by atoms with Gasteiger partial charge in [0.2, 0.25) is 0 Å². The van der Waals surface area contributed by atoms with E-state index < -0.39 is 22.8 Å². The van der Waals surface area contributed by atoms with Gasteiger partial charge in [-0.3, -0.25) is 20.4 Å². The lowest BCUT2D eigenvalue weighted by molar-refractivity contribution is -0.384. The van der Waals surface area contributed by atoms with E-state index in [1.807, 2.05) is 0 Å². The number of amidine groups is 1. The molecule has 0 saturated heterocycles. The summed E-state index contributed by atoms with van der Waals surface area (Å²) in [6.45, 7) is 0. The first kappa shape index (κ1) is 25.8. The van der Waals surface area contributed by atoms with Crippen molar-refractivity contribution >= 4 is 34.9 Å². The van der Waals surface area contributed by atoms with Crippen LogP contribution >= 0.6 is 0 Å². The second kappa shape index (κ2) is 10.8. The van der Waals surface area contributed by atoms with Crippen molar-refractivity contribution in [3.05, 3.63) is 123 Å². The van der Waals surface area contributed by atoms with Gasteiger partial charge in [-0.05, 0) is 17.7 Å². The van der Waals surface area contributed by atoms with Crippen molar-refractivity contribution in [2.24, 2.45) is 0 Å². The summed E-state index contributed by atoms with van der Waals surface area (Å²) in [6, 6.07) is 22.1. The maximum atomic E-state index is 13.4. The summed E-state index contributed by atoms with van der Waals surface area (Å²) in [5.74, 6) is -3.84. The van der Waals surface area contributed by atoms with Crippen molar-refractivity contribution in [2.75, 3.05) is 19.1 Å². The van der Waals surface area contributed by atoms with Crippen LogP contribution < -0.4 is 4.90 Å². The first-order valence-corrected chi connectivity index (χ1v) is 11.4. The molecule has 0 radical (unpaired) electrons. The summed E-state index contributed by atoms with van der Waals surface area (Å²) < 4.78 is 10.1. The fourth-order valence-electron chi connectivity index (χ4n) is 4.38. The van der Waals surface area contributed by atoms with Crippen LogP contribution in [0.2, 0.25) is 0 Å². The Morgan fingerprint density at radius 3 is 2.11 bits per heavy atom. The molecule has 0 aliphatic carbocycles. The number of ether oxygens (including phenoxy) is 2. The van der Waals surface area contributed by atoms with E-state index >= 15 is 0 Å². The van der Waals surface area contributed by atoms with Crippen LogP contribution in [0.15, 0.2) is 102 Å². The maximum absolute atomic E-state index is 13.4. The Kier molecular flexibility index (Phi) is 7.33. The Morgan fingerprint density at radius 1 is 0.921 bits per heavy atom. The third kappa shape index (κ3) is 4.62. The number of carbonyl (C=O) groups excluding carboxylic acids is 2. The van der Waals surface area contributed by atoms with Gasteiger partial charge in [0.15, 0.2) is 0 Å². The van der Waals surface area contributed by atoms with Gasteiger partial charge < -0.3 is 14.6 Å². The van der Waals surface area contributed by atoms with Crippen LogP contribution in [0.1, 0.15) is 17.0 Å². The maximum Gasteiger partial charge on any atom is 0.355 e. The third-order valence-electron chi connectivity index (χ3n) is 6.05. The van der Waals surface area contributed by atoms with Crippen molar-refractivity contribution in [1.82, 2.24) is 0 Å². The van der Waals surface area contributed by atoms with Gasteiger partial charge in [0.25, 0.3) is 5.69 Å². The summed E-state index contributed by atoms with van der Waals surface area (Å²) in [4.78, 5) is 38.8. The van der Waals surface area contributed by atoms with Gasteiger partial charge in [0, 0.05) is 29.0 Å². The Labute approximate surface area is 217 Å². The van der Waals surface area contributed by atoms with Crippen molar-refractivity contribution in [3.63, 3.8) is 0 Å². The number of aliphatic hydroxyl groups is 1. The van der Waals surface area contributed by atoms with Crippen LogP contribution in [-0.2, 0) is 19.1 Å². The van der Waals surface area contributed by atoms with Crippen LogP contribution in [0.3, 0.4) is 0 Å². The lowest BCUT2D eigenvalue weighted by Crippen LogP contribution is -2.44. The van der Waals surface area contributed by atoms with E-state index in [1.54, 1.807) is 60.7 Å². The molecule has 1 heterocycles. The smallest absolute Gasteiger partial charge is 0.355 e. The lowest BCUT2D eigenvalue weighted by atomic mass is 9.77. The minimum Gasteiger partial charge on any atom is -0.507 e. The Balaban J connectivity index is 2.18. The quantitative estimate of drug-likeness (QED) is 0.208. The molecular weight excluding hydrogens is 490 g/mol. The minimum atomic E-state index is -1.29. The number of non-ortho nitro benzene ring substituents is 1. The molecule has 0 aromatic heterocycles. The molecule has 38 heavy (non-hydrogen) atoms. The number of aliphatic hydroxyl groups excluding tert-OH is 1. The topological polar surface area (TPSA) is 143 Å². The number of hydrogen-bond donors (Lipinski definition) is 2. The summed E-state index contributed by atoms with van der Waals surface area (Å²) in [5.41, 5.74) is -0.0307. The zero-order chi connectivity index (χ0) is 27.4. The predicted molar refractivity (Wildman–Crippen MR) is 140 cm³/mol. The summed E-state index contributed by atoms with van der Waals surface area (Å²) in [5, 5.41) is 32.3. The van der Waals surface area contributed by atoms with E-state index in [9.17, 15) is 30.2 Å². The molecule has 1 atom stereocenters. The average Bonchev–Trinajstić information content (AvgIpc) is 2.96. The number of nitrogens with one attached hydrogen (secondary N) is 1. The van der Waals surface area contributed by atoms with Gasteiger partial charge in [-0.25, -0.2) is 9.59 Å². The molecule has 10 nitrogen and oxygen atoms in total. The van der Waals surface area contributed by atoms with E-state index in [1.165, 1.54) is 29.2 Å². The van der Waals surface area contributed by atoms with E-state index in [4.69, 9.17) is 9.47 Å². The van der Waals surface area contributed by atoms with Gasteiger partial charge in [0.1, 0.15) is 17.3 Å². The zero-order valence-corrected chi connectivity index (χ0v) is 20.5. The molecule has 0 bridgehead atoms. The standard InChI is InChI=1S/C28H23N3O7/c1-37-27(33)22-21(18-12-9-15-20(16-18)31(35)36)23(25(32)17-10-5-3-6-11-17)26(29)30(24(22)28(34)38-2)19-13-7-4-8-14-19/h3-16,21,29,32H,1-2H3/b25-23-,29-26?. The first-order chi connectivity index (χ1) is 18.3. The molecule has 0 fully saturated rings. The Bertz CT molecular complexity index is 1480. The van der Waals surface area contributed by atoms with Crippen molar-refractivity contribution in [1.29, 1.82) is 5.41 Å². The Morgan fingerprint density at radius 2 is 1.53 bits per heavy atom. The highest BCUT2D eigenvalue weighted by atomic mass is 16.6. The lowest BCUT2D eigenvalue weighted by Gasteiger charge is -2.38. The predicted octanol–water partition coefficient (Wildman–Crippen LogP) is 4.75. The van der Waals surface area contributed by atoms with Gasteiger partial charge in [-0.1, -0.05) is 60.7 Å². The number of esters is 2. The number of benzene rings is 3. The minimum absolute atomic E-state index is 0.0615. The van der Waals surface area contributed by atoms with E-state index in [2.05, 4.69) is 0 Å². The number of nitrogens with zero attached hydrogens (tertiary/aromatic N) is 2. The van der Waals surface area contributed by atoms with Gasteiger partial charge in [0.05, 0.1) is 30.6 Å². The van der Waals surface area contributed by atoms with Crippen molar-refractivity contribution < 1.29 is 29.1 Å². The Hall–Kier alpha value is -5.25. The molecule has 3 aromatic rings. The SMILES string of the molecule is COC(=O)C1=C(C(=O)OC)N(c2ccccc2)C(=N)/C(=C(\O)c2ccccc2)C1c1cccc([N+](=O)[O-])c1. The van der Waals surface area contributed by atoms with Crippen LogP contribution in [0, 0.1) is 15.5 Å². The number of hydrogen-bond acceptors (Lipinski definition) is 8. The molecule has 10 heteroatoms. The van der Waals surface area contributed by atoms with Gasteiger partial charge in [-0.2, -0.15) is 0 Å². The van der Waals surface area contributed by atoms with Crippen LogP contribution in [0.4, 0.5) is 11.4 Å². The molecule has 0 saturated carbocycles. The van der Waals surface area contributed by atoms with E-state index in [0.717, 1.165) is 14.2 Å².